The second-order valence-corrected chi connectivity index (χ2v) is 6.78. The van der Waals surface area contributed by atoms with Gasteiger partial charge >= 0.3 is 0 Å². The van der Waals surface area contributed by atoms with Gasteiger partial charge in [-0.3, -0.25) is 0 Å². The highest BCUT2D eigenvalue weighted by Gasteiger charge is 2.49. The first kappa shape index (κ1) is 13.4. The van der Waals surface area contributed by atoms with E-state index in [9.17, 15) is 4.39 Å². The maximum atomic E-state index is 13.8. The van der Waals surface area contributed by atoms with Crippen LogP contribution in [-0.4, -0.2) is 12.4 Å². The second kappa shape index (κ2) is 5.08. The largest absolute Gasteiger partial charge is 0.494 e. The number of methoxy groups -OCH3 is 1. The molecule has 0 aromatic heterocycles. The molecule has 3 atom stereocenters. The van der Waals surface area contributed by atoms with Crippen LogP contribution < -0.4 is 4.74 Å². The van der Waals surface area contributed by atoms with Crippen LogP contribution in [0.1, 0.15) is 31.2 Å². The predicted molar refractivity (Wildman–Crippen MR) is 78.3 cm³/mol. The Kier molecular flexibility index (Phi) is 3.59. The summed E-state index contributed by atoms with van der Waals surface area (Å²) in [6.45, 7) is 0. The van der Waals surface area contributed by atoms with Crippen molar-refractivity contribution in [1.29, 1.82) is 0 Å². The Hall–Kier alpha value is -0.570. The average molecular weight is 327 g/mol. The monoisotopic (exact) mass is 326 g/mol. The van der Waals surface area contributed by atoms with Crippen molar-refractivity contribution in [1.82, 2.24) is 0 Å². The van der Waals surface area contributed by atoms with Gasteiger partial charge in [0.2, 0.25) is 0 Å². The summed E-state index contributed by atoms with van der Waals surface area (Å²) < 4.78 is 18.8. The van der Waals surface area contributed by atoms with Crippen molar-refractivity contribution in [3.8, 4) is 5.75 Å². The molecule has 0 spiro atoms. The van der Waals surface area contributed by atoms with Gasteiger partial charge in [0.25, 0.3) is 0 Å². The molecule has 0 heterocycles. The lowest BCUT2D eigenvalue weighted by Crippen LogP contribution is -2.32. The van der Waals surface area contributed by atoms with Crippen LogP contribution in [0.15, 0.2) is 18.2 Å². The molecule has 2 aliphatic rings. The molecule has 2 fully saturated rings. The minimum absolute atomic E-state index is 0.243. The van der Waals surface area contributed by atoms with E-state index in [0.29, 0.717) is 11.2 Å². The number of alkyl halides is 1. The first-order valence-electron chi connectivity index (χ1n) is 7.05. The Labute approximate surface area is 122 Å². The van der Waals surface area contributed by atoms with Crippen LogP contribution >= 0.6 is 15.9 Å². The normalized spacial score (nSPS) is 32.8. The Balaban J connectivity index is 1.82. The van der Waals surface area contributed by atoms with E-state index in [0.717, 1.165) is 29.2 Å². The van der Waals surface area contributed by atoms with Crippen molar-refractivity contribution in [3.63, 3.8) is 0 Å². The molecule has 0 amide bonds. The van der Waals surface area contributed by atoms with E-state index in [1.165, 1.54) is 32.8 Å². The van der Waals surface area contributed by atoms with E-state index < -0.39 is 0 Å². The first-order chi connectivity index (χ1) is 9.16. The number of hydrogen-bond acceptors (Lipinski definition) is 1. The van der Waals surface area contributed by atoms with E-state index in [4.69, 9.17) is 4.74 Å². The topological polar surface area (TPSA) is 9.23 Å². The van der Waals surface area contributed by atoms with Gasteiger partial charge < -0.3 is 4.74 Å². The standard InChI is InChI=1S/C16H20BrFO/c1-19-15-5-3-12(7-14(15)18)9-16(10-17)8-11-2-4-13(16)6-11/h3,5,7,11,13H,2,4,6,8-10H2,1H3. The van der Waals surface area contributed by atoms with Gasteiger partial charge in [0.15, 0.2) is 11.6 Å². The number of hydrogen-bond donors (Lipinski definition) is 0. The van der Waals surface area contributed by atoms with Crippen molar-refractivity contribution in [2.75, 3.05) is 12.4 Å². The number of ether oxygens (including phenoxy) is 1. The summed E-state index contributed by atoms with van der Waals surface area (Å²) in [4.78, 5) is 0. The minimum atomic E-state index is -0.243. The molecule has 104 valence electrons. The molecule has 3 heteroatoms. The van der Waals surface area contributed by atoms with Crippen LogP contribution in [0.25, 0.3) is 0 Å². The molecule has 2 aliphatic carbocycles. The van der Waals surface area contributed by atoms with Crippen LogP contribution in [0, 0.1) is 23.1 Å². The lowest BCUT2D eigenvalue weighted by Gasteiger charge is -2.36. The first-order valence-corrected chi connectivity index (χ1v) is 8.17. The fourth-order valence-electron chi connectivity index (χ4n) is 4.21. The summed E-state index contributed by atoms with van der Waals surface area (Å²) >= 11 is 3.72. The summed E-state index contributed by atoms with van der Waals surface area (Å²) in [7, 11) is 1.51. The summed E-state index contributed by atoms with van der Waals surface area (Å²) in [5.74, 6) is 1.82. The molecule has 1 aromatic rings. The number of fused-ring (bicyclic) bond motifs is 2. The van der Waals surface area contributed by atoms with E-state index >= 15 is 0 Å². The third-order valence-electron chi connectivity index (χ3n) is 5.14. The van der Waals surface area contributed by atoms with E-state index in [-0.39, 0.29) is 5.82 Å². The van der Waals surface area contributed by atoms with Gasteiger partial charge in [-0.15, -0.1) is 0 Å². The van der Waals surface area contributed by atoms with Crippen molar-refractivity contribution in [3.05, 3.63) is 29.6 Å². The predicted octanol–water partition coefficient (Wildman–Crippen LogP) is 4.58. The number of halogens is 2. The van der Waals surface area contributed by atoms with Gasteiger partial charge in [0.05, 0.1) is 7.11 Å². The zero-order valence-electron chi connectivity index (χ0n) is 11.3. The summed E-state index contributed by atoms with van der Waals surface area (Å²) in [6, 6.07) is 5.41. The molecule has 2 saturated carbocycles. The van der Waals surface area contributed by atoms with Crippen LogP contribution in [0.2, 0.25) is 0 Å². The van der Waals surface area contributed by atoms with Crippen molar-refractivity contribution >= 4 is 15.9 Å². The third-order valence-corrected chi connectivity index (χ3v) is 6.26. The van der Waals surface area contributed by atoms with Crippen LogP contribution in [0.4, 0.5) is 4.39 Å². The zero-order valence-corrected chi connectivity index (χ0v) is 12.9. The lowest BCUT2D eigenvalue weighted by atomic mass is 9.71. The van der Waals surface area contributed by atoms with Gasteiger partial charge in [0, 0.05) is 5.33 Å². The molecular weight excluding hydrogens is 307 g/mol. The number of benzene rings is 1. The molecule has 3 unspecified atom stereocenters. The Bertz CT molecular complexity index is 476. The molecule has 0 N–H and O–H groups in total. The summed E-state index contributed by atoms with van der Waals surface area (Å²) in [5, 5.41) is 1.04. The van der Waals surface area contributed by atoms with Crippen molar-refractivity contribution in [2.24, 2.45) is 17.3 Å². The van der Waals surface area contributed by atoms with E-state index in [1.807, 2.05) is 6.07 Å². The minimum Gasteiger partial charge on any atom is -0.494 e. The SMILES string of the molecule is COc1ccc(CC2(CBr)CC3CCC2C3)cc1F. The molecular formula is C16H20BrFO. The van der Waals surface area contributed by atoms with Gasteiger partial charge in [-0.05, 0) is 60.6 Å². The molecule has 0 saturated heterocycles. The van der Waals surface area contributed by atoms with Gasteiger partial charge in [-0.1, -0.05) is 28.4 Å². The van der Waals surface area contributed by atoms with E-state index in [1.54, 1.807) is 12.1 Å². The fourth-order valence-corrected chi connectivity index (χ4v) is 5.10. The second-order valence-electron chi connectivity index (χ2n) is 6.22. The Morgan fingerprint density at radius 3 is 2.79 bits per heavy atom. The number of rotatable bonds is 4. The molecule has 0 aliphatic heterocycles. The Morgan fingerprint density at radius 1 is 1.42 bits per heavy atom. The highest BCUT2D eigenvalue weighted by Crippen LogP contribution is 2.58. The average Bonchev–Trinajstić information content (AvgIpc) is 3.00. The zero-order chi connectivity index (χ0) is 13.5. The van der Waals surface area contributed by atoms with Gasteiger partial charge in [-0.25, -0.2) is 4.39 Å². The smallest absolute Gasteiger partial charge is 0.165 e. The van der Waals surface area contributed by atoms with Crippen LogP contribution in [0.3, 0.4) is 0 Å². The van der Waals surface area contributed by atoms with Gasteiger partial charge in [-0.2, -0.15) is 0 Å². The maximum Gasteiger partial charge on any atom is 0.165 e. The van der Waals surface area contributed by atoms with Gasteiger partial charge in [0.1, 0.15) is 0 Å². The van der Waals surface area contributed by atoms with Crippen molar-refractivity contribution in [2.45, 2.75) is 32.1 Å². The van der Waals surface area contributed by atoms with E-state index in [2.05, 4.69) is 15.9 Å². The molecule has 2 bridgehead atoms. The highest BCUT2D eigenvalue weighted by atomic mass is 79.9. The molecule has 3 rings (SSSR count). The molecule has 0 radical (unpaired) electrons. The lowest BCUT2D eigenvalue weighted by molar-refractivity contribution is 0.196. The fraction of sp³-hybridized carbons (Fsp3) is 0.625. The van der Waals surface area contributed by atoms with Crippen LogP contribution in [0.5, 0.6) is 5.75 Å². The highest BCUT2D eigenvalue weighted by molar-refractivity contribution is 9.09. The molecule has 1 aromatic carbocycles. The maximum absolute atomic E-state index is 13.8. The third kappa shape index (κ3) is 2.31. The molecule has 19 heavy (non-hydrogen) atoms. The summed E-state index contributed by atoms with van der Waals surface area (Å²) in [6.07, 6.45) is 6.42. The quantitative estimate of drug-likeness (QED) is 0.736. The molecule has 1 nitrogen and oxygen atoms in total. The van der Waals surface area contributed by atoms with Crippen molar-refractivity contribution < 1.29 is 9.13 Å². The summed E-state index contributed by atoms with van der Waals surface area (Å²) in [5.41, 5.74) is 1.45. The Morgan fingerprint density at radius 2 is 2.26 bits per heavy atom. The van der Waals surface area contributed by atoms with Crippen LogP contribution in [-0.2, 0) is 6.42 Å².